The maximum atomic E-state index is 12.4. The Labute approximate surface area is 152 Å². The van der Waals surface area contributed by atoms with Gasteiger partial charge in [-0.3, -0.25) is 4.79 Å². The van der Waals surface area contributed by atoms with Gasteiger partial charge in [-0.25, -0.2) is 0 Å². The van der Waals surface area contributed by atoms with Gasteiger partial charge in [-0.2, -0.15) is 4.98 Å². The number of hydrogen-bond acceptors (Lipinski definition) is 4. The third kappa shape index (κ3) is 3.57. The summed E-state index contributed by atoms with van der Waals surface area (Å²) < 4.78 is 5.39. The smallest absolute Gasteiger partial charge is 0.257 e. The van der Waals surface area contributed by atoms with Crippen molar-refractivity contribution in [1.29, 1.82) is 0 Å². The second-order valence-electron chi connectivity index (χ2n) is 6.34. The van der Waals surface area contributed by atoms with Crippen LogP contribution in [-0.4, -0.2) is 34.0 Å². The highest BCUT2D eigenvalue weighted by molar-refractivity contribution is 5.92. The topological polar surface area (TPSA) is 59.2 Å². The van der Waals surface area contributed by atoms with Crippen molar-refractivity contribution in [3.05, 3.63) is 78.1 Å². The van der Waals surface area contributed by atoms with Crippen molar-refractivity contribution in [2.24, 2.45) is 0 Å². The Hall–Kier alpha value is -3.21. The van der Waals surface area contributed by atoms with Gasteiger partial charge < -0.3 is 9.42 Å². The molecule has 1 saturated heterocycles. The molecular weight excluding hydrogens is 326 g/mol. The lowest BCUT2D eigenvalue weighted by Gasteiger charge is -2.13. The van der Waals surface area contributed by atoms with E-state index in [0.29, 0.717) is 24.8 Å². The first-order valence-corrected chi connectivity index (χ1v) is 8.70. The molecule has 3 aromatic rings. The Balaban J connectivity index is 1.40. The zero-order valence-electron chi connectivity index (χ0n) is 14.3. The Kier molecular flexibility index (Phi) is 4.60. The minimum Gasteiger partial charge on any atom is -0.338 e. The molecule has 0 bridgehead atoms. The van der Waals surface area contributed by atoms with Gasteiger partial charge >= 0.3 is 0 Å². The van der Waals surface area contributed by atoms with Gasteiger partial charge in [-0.15, -0.1) is 0 Å². The molecule has 0 aliphatic carbocycles. The largest absolute Gasteiger partial charge is 0.338 e. The summed E-state index contributed by atoms with van der Waals surface area (Å²) in [6, 6.07) is 19.5. The highest BCUT2D eigenvalue weighted by Gasteiger charge is 2.29. The quantitative estimate of drug-likeness (QED) is 0.676. The molecule has 1 fully saturated rings. The van der Waals surface area contributed by atoms with Crippen molar-refractivity contribution in [2.45, 2.75) is 12.3 Å². The molecule has 26 heavy (non-hydrogen) atoms. The molecule has 1 aliphatic heterocycles. The predicted octanol–water partition coefficient (Wildman–Crippen LogP) is 3.77. The fourth-order valence-electron chi connectivity index (χ4n) is 3.11. The number of nitrogens with zero attached hydrogens (tertiary/aromatic N) is 3. The number of aromatic nitrogens is 2. The molecule has 1 aromatic heterocycles. The molecule has 2 heterocycles. The molecule has 130 valence electrons. The van der Waals surface area contributed by atoms with Crippen LogP contribution in [-0.2, 0) is 4.79 Å². The average Bonchev–Trinajstić information content (AvgIpc) is 3.37. The molecule has 4 rings (SSSR count). The van der Waals surface area contributed by atoms with E-state index < -0.39 is 0 Å². The van der Waals surface area contributed by atoms with E-state index in [-0.39, 0.29) is 11.8 Å². The van der Waals surface area contributed by atoms with Crippen LogP contribution in [0.2, 0.25) is 0 Å². The first-order valence-electron chi connectivity index (χ1n) is 8.70. The number of rotatable bonds is 4. The van der Waals surface area contributed by atoms with Crippen molar-refractivity contribution in [3.8, 4) is 11.5 Å². The van der Waals surface area contributed by atoms with Crippen LogP contribution in [0.5, 0.6) is 0 Å². The maximum Gasteiger partial charge on any atom is 0.257 e. The molecule has 1 aliphatic rings. The van der Waals surface area contributed by atoms with Crippen LogP contribution in [0.4, 0.5) is 0 Å². The minimum atomic E-state index is 0.0168. The Morgan fingerprint density at radius 2 is 1.81 bits per heavy atom. The summed E-state index contributed by atoms with van der Waals surface area (Å²) >= 11 is 0. The van der Waals surface area contributed by atoms with Crippen LogP contribution in [0, 0.1) is 0 Å². The van der Waals surface area contributed by atoms with Crippen LogP contribution in [0.15, 0.2) is 71.3 Å². The van der Waals surface area contributed by atoms with Gasteiger partial charge in [-0.1, -0.05) is 53.7 Å². The Morgan fingerprint density at radius 3 is 2.58 bits per heavy atom. The molecule has 0 saturated carbocycles. The van der Waals surface area contributed by atoms with E-state index in [1.807, 2.05) is 71.6 Å². The first-order chi connectivity index (χ1) is 12.8. The lowest BCUT2D eigenvalue weighted by Crippen LogP contribution is -2.26. The number of carbonyl (C=O) groups excluding carboxylic acids is 1. The van der Waals surface area contributed by atoms with Crippen molar-refractivity contribution in [1.82, 2.24) is 15.0 Å². The molecule has 1 atom stereocenters. The zero-order chi connectivity index (χ0) is 17.8. The van der Waals surface area contributed by atoms with E-state index in [9.17, 15) is 4.79 Å². The second-order valence-corrected chi connectivity index (χ2v) is 6.34. The molecule has 0 spiro atoms. The van der Waals surface area contributed by atoms with Crippen LogP contribution in [0.1, 0.15) is 23.7 Å². The molecular formula is C21H19N3O2. The number of carbonyl (C=O) groups is 1. The zero-order valence-corrected chi connectivity index (χ0v) is 14.3. The van der Waals surface area contributed by atoms with Crippen molar-refractivity contribution >= 4 is 12.0 Å². The molecule has 1 amide bonds. The minimum absolute atomic E-state index is 0.0168. The number of amides is 1. The second kappa shape index (κ2) is 7.35. The Morgan fingerprint density at radius 1 is 1.08 bits per heavy atom. The molecule has 5 nitrogen and oxygen atoms in total. The van der Waals surface area contributed by atoms with Crippen LogP contribution < -0.4 is 0 Å². The van der Waals surface area contributed by atoms with E-state index in [4.69, 9.17) is 4.52 Å². The van der Waals surface area contributed by atoms with Gasteiger partial charge in [0.1, 0.15) is 0 Å². The predicted molar refractivity (Wildman–Crippen MR) is 99.1 cm³/mol. The summed E-state index contributed by atoms with van der Waals surface area (Å²) in [5.41, 5.74) is 1.92. The lowest BCUT2D eigenvalue weighted by molar-refractivity contribution is -0.124. The monoisotopic (exact) mass is 345 g/mol. The standard InChI is InChI=1S/C21H19N3O2/c25-19(12-11-16-7-3-1-4-8-16)24-14-13-18(15-24)20-22-21(26-23-20)17-9-5-2-6-10-17/h1-12,18H,13-15H2. The van der Waals surface area contributed by atoms with Gasteiger partial charge in [0.25, 0.3) is 5.89 Å². The van der Waals surface area contributed by atoms with Gasteiger partial charge in [-0.05, 0) is 30.2 Å². The van der Waals surface area contributed by atoms with E-state index in [0.717, 1.165) is 17.5 Å². The van der Waals surface area contributed by atoms with E-state index in [1.165, 1.54) is 0 Å². The maximum absolute atomic E-state index is 12.4. The lowest BCUT2D eigenvalue weighted by atomic mass is 10.1. The highest BCUT2D eigenvalue weighted by atomic mass is 16.5. The van der Waals surface area contributed by atoms with Crippen molar-refractivity contribution in [3.63, 3.8) is 0 Å². The Bertz CT molecular complexity index is 903. The van der Waals surface area contributed by atoms with Gasteiger partial charge in [0, 0.05) is 30.6 Å². The number of hydrogen-bond donors (Lipinski definition) is 0. The third-order valence-corrected chi connectivity index (χ3v) is 4.55. The molecule has 5 heteroatoms. The van der Waals surface area contributed by atoms with Gasteiger partial charge in [0.2, 0.25) is 5.91 Å². The van der Waals surface area contributed by atoms with Crippen molar-refractivity contribution < 1.29 is 9.32 Å². The van der Waals surface area contributed by atoms with Crippen molar-refractivity contribution in [2.75, 3.05) is 13.1 Å². The van der Waals surface area contributed by atoms with E-state index in [2.05, 4.69) is 10.1 Å². The molecule has 0 radical (unpaired) electrons. The average molecular weight is 345 g/mol. The number of likely N-dealkylation sites (tertiary alicyclic amines) is 1. The summed E-state index contributed by atoms with van der Waals surface area (Å²) in [5.74, 6) is 1.33. The van der Waals surface area contributed by atoms with Crippen LogP contribution in [0.25, 0.3) is 17.5 Å². The fourth-order valence-corrected chi connectivity index (χ4v) is 3.11. The van der Waals surface area contributed by atoms with Crippen LogP contribution in [0.3, 0.4) is 0 Å². The molecule has 0 N–H and O–H groups in total. The SMILES string of the molecule is O=C(C=Cc1ccccc1)N1CCC(c2noc(-c3ccccc3)n2)C1. The van der Waals surface area contributed by atoms with Crippen LogP contribution >= 0.6 is 0 Å². The van der Waals surface area contributed by atoms with Gasteiger partial charge in [0.05, 0.1) is 0 Å². The summed E-state index contributed by atoms with van der Waals surface area (Å²) in [7, 11) is 0. The van der Waals surface area contributed by atoms with Gasteiger partial charge in [0.15, 0.2) is 5.82 Å². The molecule has 1 unspecified atom stereocenters. The summed E-state index contributed by atoms with van der Waals surface area (Å²) in [6.07, 6.45) is 4.32. The summed E-state index contributed by atoms with van der Waals surface area (Å²) in [5, 5.41) is 4.12. The van der Waals surface area contributed by atoms with E-state index >= 15 is 0 Å². The summed E-state index contributed by atoms with van der Waals surface area (Å²) in [4.78, 5) is 18.7. The first kappa shape index (κ1) is 16.3. The fraction of sp³-hybridized carbons (Fsp3) is 0.190. The normalized spacial score (nSPS) is 17.1. The molecule has 2 aromatic carbocycles. The highest BCUT2D eigenvalue weighted by Crippen LogP contribution is 2.27. The van der Waals surface area contributed by atoms with E-state index in [1.54, 1.807) is 6.08 Å². The number of benzene rings is 2. The summed E-state index contributed by atoms with van der Waals surface area (Å²) in [6.45, 7) is 1.32. The third-order valence-electron chi connectivity index (χ3n) is 4.55.